The minimum Gasteiger partial charge on any atom is -0.382 e. The third kappa shape index (κ3) is 8.15. The number of aliphatic imine (C=N–C) groups is 1. The lowest BCUT2D eigenvalue weighted by Crippen LogP contribution is -2.52. The molecule has 2 atom stereocenters. The maximum Gasteiger partial charge on any atom is 0.229 e. The van der Waals surface area contributed by atoms with E-state index in [1.54, 1.807) is 0 Å². The number of nitrogens with one attached hydrogen (secondary N) is 4. The van der Waals surface area contributed by atoms with Gasteiger partial charge in [0, 0.05) is 37.1 Å². The highest BCUT2D eigenvalue weighted by Crippen LogP contribution is 2.31. The van der Waals surface area contributed by atoms with Crippen LogP contribution in [0.15, 0.2) is 4.99 Å². The molecule has 3 aliphatic rings. The molecule has 3 rings (SSSR count). The molecule has 2 aliphatic carbocycles. The molecule has 3 fully saturated rings. The Morgan fingerprint density at radius 2 is 1.87 bits per heavy atom. The predicted octanol–water partition coefficient (Wildman–Crippen LogP) is 2.99. The van der Waals surface area contributed by atoms with E-state index < -0.39 is 6.17 Å². The van der Waals surface area contributed by atoms with Gasteiger partial charge in [-0.2, -0.15) is 0 Å². The first-order chi connectivity index (χ1) is 15.0. The third-order valence-corrected chi connectivity index (χ3v) is 7.14. The van der Waals surface area contributed by atoms with Gasteiger partial charge in [-0.25, -0.2) is 9.82 Å². The molecule has 1 heterocycles. The van der Waals surface area contributed by atoms with E-state index in [1.807, 2.05) is 6.92 Å². The van der Waals surface area contributed by atoms with Gasteiger partial charge >= 0.3 is 0 Å². The van der Waals surface area contributed by atoms with Crippen molar-refractivity contribution in [3.8, 4) is 0 Å². The average molecular weight is 460 g/mol. The van der Waals surface area contributed by atoms with E-state index in [1.165, 1.54) is 0 Å². The molecule has 2 saturated carbocycles. The molecule has 0 aromatic rings. The van der Waals surface area contributed by atoms with Crippen molar-refractivity contribution in [1.82, 2.24) is 21.5 Å². The molecule has 9 heteroatoms. The van der Waals surface area contributed by atoms with E-state index >= 15 is 0 Å². The Hall–Kier alpha value is -0.960. The Morgan fingerprint density at radius 1 is 1.13 bits per heavy atom. The second-order valence-electron chi connectivity index (χ2n) is 9.06. The maximum absolute atomic E-state index is 13.5. The topological polar surface area (TPSA) is 86.8 Å². The van der Waals surface area contributed by atoms with Crippen LogP contribution in [-0.2, 0) is 9.53 Å². The number of ether oxygens (including phenoxy) is 1. The molecule has 1 saturated heterocycles. The van der Waals surface area contributed by atoms with Gasteiger partial charge in [-0.1, -0.05) is 0 Å². The van der Waals surface area contributed by atoms with Crippen molar-refractivity contribution < 1.29 is 13.9 Å². The number of amides is 1. The molecule has 1 aliphatic heterocycles. The van der Waals surface area contributed by atoms with Gasteiger partial charge < -0.3 is 10.1 Å². The zero-order valence-corrected chi connectivity index (χ0v) is 19.4. The van der Waals surface area contributed by atoms with E-state index in [9.17, 15) is 9.18 Å². The number of alkyl halides is 2. The van der Waals surface area contributed by atoms with E-state index in [2.05, 4.69) is 26.5 Å². The van der Waals surface area contributed by atoms with Crippen molar-refractivity contribution in [2.75, 3.05) is 19.8 Å². The van der Waals surface area contributed by atoms with Crippen LogP contribution in [0.2, 0.25) is 0 Å². The summed E-state index contributed by atoms with van der Waals surface area (Å²) in [6, 6.07) is 0.305. The number of carbonyl (C=O) groups excluding carboxylic acids is 1. The predicted molar refractivity (Wildman–Crippen MR) is 122 cm³/mol. The zero-order valence-electron chi connectivity index (χ0n) is 18.7. The van der Waals surface area contributed by atoms with Crippen LogP contribution in [-0.4, -0.2) is 55.4 Å². The SMILES string of the molecule is CCOCCCN=C(NC(=O)C1CCC(Cl)CC1)NC1CC(C2CCC(F)CC2)NN1. The summed E-state index contributed by atoms with van der Waals surface area (Å²) in [6.07, 6.45) is 7.57. The number of nitrogens with zero attached hydrogens (tertiary/aromatic N) is 1. The molecule has 1 amide bonds. The van der Waals surface area contributed by atoms with Gasteiger partial charge in [-0.05, 0) is 77.0 Å². The molecule has 7 nitrogen and oxygen atoms in total. The molecule has 4 N–H and O–H groups in total. The lowest BCUT2D eigenvalue weighted by atomic mass is 9.82. The van der Waals surface area contributed by atoms with Crippen LogP contribution in [0.25, 0.3) is 0 Å². The number of hydrogen-bond acceptors (Lipinski definition) is 5. The molecule has 0 aromatic heterocycles. The van der Waals surface area contributed by atoms with Gasteiger partial charge in [-0.15, -0.1) is 11.6 Å². The zero-order chi connectivity index (χ0) is 22.1. The van der Waals surface area contributed by atoms with Crippen molar-refractivity contribution in [1.29, 1.82) is 0 Å². The van der Waals surface area contributed by atoms with E-state index in [0.717, 1.165) is 51.4 Å². The Morgan fingerprint density at radius 3 is 2.58 bits per heavy atom. The first-order valence-corrected chi connectivity index (χ1v) is 12.5. The fourth-order valence-corrected chi connectivity index (χ4v) is 5.04. The minimum atomic E-state index is -0.640. The van der Waals surface area contributed by atoms with E-state index in [4.69, 9.17) is 16.3 Å². The third-order valence-electron chi connectivity index (χ3n) is 6.70. The monoisotopic (exact) mass is 459 g/mol. The number of rotatable bonds is 8. The Labute approximate surface area is 190 Å². The van der Waals surface area contributed by atoms with Crippen molar-refractivity contribution in [3.63, 3.8) is 0 Å². The summed E-state index contributed by atoms with van der Waals surface area (Å²) in [5.41, 5.74) is 6.65. The molecule has 31 heavy (non-hydrogen) atoms. The fraction of sp³-hybridized carbons (Fsp3) is 0.909. The van der Waals surface area contributed by atoms with Gasteiger partial charge in [0.2, 0.25) is 5.91 Å². The van der Waals surface area contributed by atoms with Crippen LogP contribution in [0.5, 0.6) is 0 Å². The van der Waals surface area contributed by atoms with E-state index in [-0.39, 0.29) is 23.4 Å². The van der Waals surface area contributed by atoms with Gasteiger partial charge in [0.05, 0.1) is 6.17 Å². The molecule has 178 valence electrons. The molecule has 0 radical (unpaired) electrons. The average Bonchev–Trinajstić information content (AvgIpc) is 3.23. The van der Waals surface area contributed by atoms with Crippen LogP contribution < -0.4 is 21.5 Å². The summed E-state index contributed by atoms with van der Waals surface area (Å²) in [5, 5.41) is 6.57. The maximum atomic E-state index is 13.5. The quantitative estimate of drug-likeness (QED) is 0.194. The number of guanidine groups is 1. The highest BCUT2D eigenvalue weighted by Gasteiger charge is 2.34. The first kappa shape index (κ1) is 24.7. The van der Waals surface area contributed by atoms with Crippen molar-refractivity contribution in [3.05, 3.63) is 0 Å². The normalized spacial score (nSPS) is 34.5. The fourth-order valence-electron chi connectivity index (χ4n) is 4.79. The smallest absolute Gasteiger partial charge is 0.229 e. The lowest BCUT2D eigenvalue weighted by Gasteiger charge is -2.28. The molecule has 0 bridgehead atoms. The second-order valence-corrected chi connectivity index (χ2v) is 9.68. The summed E-state index contributed by atoms with van der Waals surface area (Å²) in [4.78, 5) is 17.4. The number of hydrogen-bond donors (Lipinski definition) is 4. The number of carbonyl (C=O) groups is 1. The number of hydrazine groups is 1. The van der Waals surface area contributed by atoms with Crippen LogP contribution in [0, 0.1) is 11.8 Å². The van der Waals surface area contributed by atoms with Gasteiger partial charge in [0.25, 0.3) is 0 Å². The van der Waals surface area contributed by atoms with Crippen molar-refractivity contribution in [2.45, 2.75) is 94.9 Å². The van der Waals surface area contributed by atoms with Gasteiger partial charge in [0.1, 0.15) is 6.17 Å². The summed E-state index contributed by atoms with van der Waals surface area (Å²) >= 11 is 6.19. The largest absolute Gasteiger partial charge is 0.382 e. The highest BCUT2D eigenvalue weighted by molar-refractivity contribution is 6.20. The second kappa shape index (κ2) is 12.9. The van der Waals surface area contributed by atoms with Crippen molar-refractivity contribution in [2.24, 2.45) is 16.8 Å². The van der Waals surface area contributed by atoms with E-state index in [0.29, 0.717) is 50.5 Å². The summed E-state index contributed by atoms with van der Waals surface area (Å²) in [7, 11) is 0. The lowest BCUT2D eigenvalue weighted by molar-refractivity contribution is -0.124. The Kier molecular flexibility index (Phi) is 10.3. The molecule has 0 aromatic carbocycles. The molecular weight excluding hydrogens is 421 g/mol. The Bertz CT molecular complexity index is 580. The standard InChI is InChI=1S/C22H39ClFN5O2/c1-2-31-13-3-12-25-22(27-21(30)16-4-8-17(23)9-5-16)26-20-14-19(28-29-20)15-6-10-18(24)11-7-15/h15-20,28-29H,2-14H2,1H3,(H2,25,26,27,30). The van der Waals surface area contributed by atoms with Gasteiger partial charge in [0.15, 0.2) is 5.96 Å². The first-order valence-electron chi connectivity index (χ1n) is 12.0. The Balaban J connectivity index is 1.51. The summed E-state index contributed by atoms with van der Waals surface area (Å²) in [6.45, 7) is 3.91. The highest BCUT2D eigenvalue weighted by atomic mass is 35.5. The van der Waals surface area contributed by atoms with Crippen LogP contribution >= 0.6 is 11.6 Å². The van der Waals surface area contributed by atoms with Crippen LogP contribution in [0.4, 0.5) is 4.39 Å². The molecule has 2 unspecified atom stereocenters. The molecule has 0 spiro atoms. The van der Waals surface area contributed by atoms with Crippen LogP contribution in [0.3, 0.4) is 0 Å². The van der Waals surface area contributed by atoms with Crippen LogP contribution in [0.1, 0.15) is 71.1 Å². The van der Waals surface area contributed by atoms with Gasteiger partial charge in [-0.3, -0.25) is 20.5 Å². The minimum absolute atomic E-state index is 0.0104. The van der Waals surface area contributed by atoms with Crippen molar-refractivity contribution >= 4 is 23.5 Å². The molecular formula is C22H39ClFN5O2. The summed E-state index contributed by atoms with van der Waals surface area (Å²) < 4.78 is 18.8. The number of halogens is 2. The summed E-state index contributed by atoms with van der Waals surface area (Å²) in [5.74, 6) is 1.01.